The molecular weight excluding hydrogens is 258 g/mol. The summed E-state index contributed by atoms with van der Waals surface area (Å²) >= 11 is 0. The van der Waals surface area contributed by atoms with E-state index in [-0.39, 0.29) is 11.5 Å². The molecule has 0 radical (unpaired) electrons. The number of likely N-dealkylation sites (N-methyl/N-ethyl adjacent to an activating group) is 1. The fourth-order valence-corrected chi connectivity index (χ4v) is 2.88. The Morgan fingerprint density at radius 2 is 2.15 bits per heavy atom. The third-order valence-corrected chi connectivity index (χ3v) is 4.22. The van der Waals surface area contributed by atoms with Gasteiger partial charge >= 0.3 is 0 Å². The van der Waals surface area contributed by atoms with Gasteiger partial charge in [0.05, 0.1) is 0 Å². The van der Waals surface area contributed by atoms with Gasteiger partial charge in [0.2, 0.25) is 0 Å². The molecule has 0 aromatic rings. The molecule has 0 spiro atoms. The highest BCUT2D eigenvalue weighted by Crippen LogP contribution is 2.35. The summed E-state index contributed by atoms with van der Waals surface area (Å²) in [5.74, 6) is -1.06. The summed E-state index contributed by atoms with van der Waals surface area (Å²) in [5.41, 5.74) is 0.428. The van der Waals surface area contributed by atoms with Gasteiger partial charge in [-0.15, -0.1) is 0 Å². The minimum Gasteiger partial charge on any atom is -0.304 e. The molecule has 1 unspecified atom stereocenters. The van der Waals surface area contributed by atoms with Crippen molar-refractivity contribution in [3.05, 3.63) is 24.1 Å². The standard InChI is InChI=1S/C16H28F2N2/c1-6-7-16(8-9-19-11-20(16)5)13(4)10-14(17)15(18)12(2)3/h10,12,15,19H,4,6-9,11H2,1-3,5H3/b14-10+/t15-,16?/m1/s1. The van der Waals surface area contributed by atoms with E-state index in [2.05, 4.69) is 23.7 Å². The zero-order chi connectivity index (χ0) is 15.3. The van der Waals surface area contributed by atoms with Gasteiger partial charge in [-0.2, -0.15) is 0 Å². The number of hydrogen-bond donors (Lipinski definition) is 1. The Kier molecular flexibility index (Phi) is 6.34. The molecule has 2 nitrogen and oxygen atoms in total. The number of hydrogen-bond acceptors (Lipinski definition) is 2. The van der Waals surface area contributed by atoms with Crippen molar-refractivity contribution in [3.63, 3.8) is 0 Å². The monoisotopic (exact) mass is 286 g/mol. The van der Waals surface area contributed by atoms with E-state index >= 15 is 0 Å². The lowest BCUT2D eigenvalue weighted by Crippen LogP contribution is -2.56. The molecule has 1 N–H and O–H groups in total. The van der Waals surface area contributed by atoms with Crippen LogP contribution in [-0.4, -0.2) is 36.9 Å². The molecule has 0 saturated carbocycles. The SMILES string of the molecule is C=C(/C=C(/F)[C@H](F)C(C)C)C1(CCC)CCNCN1C. The van der Waals surface area contributed by atoms with E-state index in [4.69, 9.17) is 0 Å². The Morgan fingerprint density at radius 3 is 2.65 bits per heavy atom. The van der Waals surface area contributed by atoms with Crippen LogP contribution in [0.25, 0.3) is 0 Å². The van der Waals surface area contributed by atoms with Crippen LogP contribution in [-0.2, 0) is 0 Å². The second kappa shape index (κ2) is 7.32. The van der Waals surface area contributed by atoms with Crippen molar-refractivity contribution < 1.29 is 8.78 Å². The van der Waals surface area contributed by atoms with Crippen molar-refractivity contribution in [3.8, 4) is 0 Å². The van der Waals surface area contributed by atoms with Crippen molar-refractivity contribution >= 4 is 0 Å². The summed E-state index contributed by atoms with van der Waals surface area (Å²) < 4.78 is 27.7. The van der Waals surface area contributed by atoms with Crippen LogP contribution in [0.15, 0.2) is 24.1 Å². The second-order valence-corrected chi connectivity index (χ2v) is 6.09. The third-order valence-electron chi connectivity index (χ3n) is 4.22. The van der Waals surface area contributed by atoms with E-state index in [1.54, 1.807) is 13.8 Å². The van der Waals surface area contributed by atoms with E-state index in [1.165, 1.54) is 6.08 Å². The largest absolute Gasteiger partial charge is 0.304 e. The fraction of sp³-hybridized carbons (Fsp3) is 0.750. The molecule has 1 saturated heterocycles. The zero-order valence-corrected chi connectivity index (χ0v) is 13.2. The Labute approximate surface area is 121 Å². The molecule has 0 aromatic heterocycles. The molecule has 1 rings (SSSR count). The maximum atomic E-state index is 14.0. The van der Waals surface area contributed by atoms with Gasteiger partial charge in [0.15, 0.2) is 6.17 Å². The van der Waals surface area contributed by atoms with Gasteiger partial charge in [-0.3, -0.25) is 4.90 Å². The second-order valence-electron chi connectivity index (χ2n) is 6.09. The maximum Gasteiger partial charge on any atom is 0.154 e. The van der Waals surface area contributed by atoms with Gasteiger partial charge in [-0.05, 0) is 44.0 Å². The van der Waals surface area contributed by atoms with E-state index in [0.717, 1.165) is 32.5 Å². The summed E-state index contributed by atoms with van der Waals surface area (Å²) in [6.45, 7) is 11.1. The molecule has 20 heavy (non-hydrogen) atoms. The van der Waals surface area contributed by atoms with E-state index < -0.39 is 12.0 Å². The predicted octanol–water partition coefficient (Wildman–Crippen LogP) is 3.81. The molecule has 0 aliphatic carbocycles. The average Bonchev–Trinajstić information content (AvgIpc) is 2.40. The van der Waals surface area contributed by atoms with Crippen molar-refractivity contribution in [1.29, 1.82) is 0 Å². The topological polar surface area (TPSA) is 15.3 Å². The molecule has 1 aliphatic rings. The molecular formula is C16H28F2N2. The molecule has 0 bridgehead atoms. The molecule has 1 heterocycles. The van der Waals surface area contributed by atoms with Gasteiger partial charge in [-0.25, -0.2) is 8.78 Å². The Morgan fingerprint density at radius 1 is 1.50 bits per heavy atom. The molecule has 0 amide bonds. The van der Waals surface area contributed by atoms with Crippen LogP contribution < -0.4 is 5.32 Å². The Balaban J connectivity index is 2.97. The minimum atomic E-state index is -1.54. The van der Waals surface area contributed by atoms with E-state index in [0.29, 0.717) is 5.57 Å². The zero-order valence-electron chi connectivity index (χ0n) is 13.2. The van der Waals surface area contributed by atoms with Crippen molar-refractivity contribution in [2.45, 2.75) is 51.7 Å². The normalized spacial score (nSPS) is 26.9. The first-order valence-corrected chi connectivity index (χ1v) is 7.47. The lowest BCUT2D eigenvalue weighted by Gasteiger charge is -2.46. The minimum absolute atomic E-state index is 0.256. The summed E-state index contributed by atoms with van der Waals surface area (Å²) in [4.78, 5) is 2.16. The van der Waals surface area contributed by atoms with Crippen LogP contribution in [0.1, 0.15) is 40.0 Å². The van der Waals surface area contributed by atoms with Gasteiger partial charge in [-0.1, -0.05) is 33.8 Å². The highest BCUT2D eigenvalue weighted by Gasteiger charge is 2.38. The third kappa shape index (κ3) is 3.67. The summed E-state index contributed by atoms with van der Waals surface area (Å²) in [6, 6.07) is 0. The van der Waals surface area contributed by atoms with E-state index in [1.807, 2.05) is 7.05 Å². The lowest BCUT2D eigenvalue weighted by atomic mass is 9.80. The lowest BCUT2D eigenvalue weighted by molar-refractivity contribution is 0.0928. The average molecular weight is 286 g/mol. The first-order chi connectivity index (χ1) is 9.35. The van der Waals surface area contributed by atoms with Gasteiger partial charge < -0.3 is 5.32 Å². The van der Waals surface area contributed by atoms with Crippen molar-refractivity contribution in [1.82, 2.24) is 10.2 Å². The Hall–Kier alpha value is -0.740. The van der Waals surface area contributed by atoms with Crippen LogP contribution in [0.2, 0.25) is 0 Å². The molecule has 1 aliphatic heterocycles. The van der Waals surface area contributed by atoms with Crippen LogP contribution >= 0.6 is 0 Å². The van der Waals surface area contributed by atoms with Gasteiger partial charge in [0, 0.05) is 12.2 Å². The molecule has 2 atom stereocenters. The molecule has 4 heteroatoms. The number of allylic oxidation sites excluding steroid dienone is 1. The first kappa shape index (κ1) is 17.3. The predicted molar refractivity (Wildman–Crippen MR) is 81.0 cm³/mol. The maximum absolute atomic E-state index is 14.0. The quantitative estimate of drug-likeness (QED) is 0.747. The highest BCUT2D eigenvalue weighted by atomic mass is 19.2. The smallest absolute Gasteiger partial charge is 0.154 e. The summed E-state index contributed by atoms with van der Waals surface area (Å²) in [5, 5.41) is 3.29. The number of nitrogens with zero attached hydrogens (tertiary/aromatic N) is 1. The highest BCUT2D eigenvalue weighted by molar-refractivity contribution is 5.32. The van der Waals surface area contributed by atoms with Crippen LogP contribution in [0, 0.1) is 5.92 Å². The fourth-order valence-electron chi connectivity index (χ4n) is 2.88. The number of alkyl halides is 1. The van der Waals surface area contributed by atoms with Crippen LogP contribution in [0.3, 0.4) is 0 Å². The summed E-state index contributed by atoms with van der Waals surface area (Å²) in [6.07, 6.45) is 2.55. The van der Waals surface area contributed by atoms with Gasteiger partial charge in [0.25, 0.3) is 0 Å². The van der Waals surface area contributed by atoms with Crippen LogP contribution in [0.4, 0.5) is 8.78 Å². The molecule has 116 valence electrons. The molecule has 0 aromatic carbocycles. The van der Waals surface area contributed by atoms with E-state index in [9.17, 15) is 8.78 Å². The van der Waals surface area contributed by atoms with Crippen molar-refractivity contribution in [2.75, 3.05) is 20.3 Å². The first-order valence-electron chi connectivity index (χ1n) is 7.47. The van der Waals surface area contributed by atoms with Crippen molar-refractivity contribution in [2.24, 2.45) is 5.92 Å². The number of rotatable bonds is 6. The Bertz CT molecular complexity index is 361. The van der Waals surface area contributed by atoms with Gasteiger partial charge in [0.1, 0.15) is 5.83 Å². The summed E-state index contributed by atoms with van der Waals surface area (Å²) in [7, 11) is 2.01. The van der Waals surface area contributed by atoms with Crippen LogP contribution in [0.5, 0.6) is 0 Å². The molecule has 1 fully saturated rings. The number of halogens is 2. The number of nitrogens with one attached hydrogen (secondary N) is 1.